The third kappa shape index (κ3) is 8.01. The van der Waals surface area contributed by atoms with Gasteiger partial charge in [-0.05, 0) is 19.3 Å². The molecule has 1 aliphatic rings. The molecule has 1 aliphatic heterocycles. The first-order valence-electron chi connectivity index (χ1n) is 4.99. The van der Waals surface area contributed by atoms with Gasteiger partial charge in [-0.15, -0.1) is 0 Å². The number of methoxy groups -OCH3 is 1. The minimum atomic E-state index is -1.18. The van der Waals surface area contributed by atoms with Gasteiger partial charge >= 0.3 is 0 Å². The number of carboxylic acids is 1. The lowest BCUT2D eigenvalue weighted by molar-refractivity contribution is -0.894. The summed E-state index contributed by atoms with van der Waals surface area (Å²) < 4.78 is 5.39. The summed E-state index contributed by atoms with van der Waals surface area (Å²) in [5.41, 5.74) is 0. The second-order valence-electron chi connectivity index (χ2n) is 4.25. The van der Waals surface area contributed by atoms with Crippen LogP contribution in [0.1, 0.15) is 19.3 Å². The zero-order valence-corrected chi connectivity index (χ0v) is 9.41. The molecule has 1 fully saturated rings. The Morgan fingerprint density at radius 1 is 1.29 bits per heavy atom. The summed E-state index contributed by atoms with van der Waals surface area (Å²) in [6.07, 6.45) is 4.34. The maximum Gasteiger partial charge on any atom is 0.0857 e. The fraction of sp³-hybridized carbons (Fsp3) is 0.900. The highest BCUT2D eigenvalue weighted by molar-refractivity contribution is 5.65. The predicted molar refractivity (Wildman–Crippen MR) is 52.6 cm³/mol. The molecule has 0 radical (unpaired) electrons. The first kappa shape index (κ1) is 13.4. The molecule has 14 heavy (non-hydrogen) atoms. The third-order valence-electron chi connectivity index (χ3n) is 2.29. The van der Waals surface area contributed by atoms with E-state index in [1.54, 1.807) is 0 Å². The first-order valence-corrected chi connectivity index (χ1v) is 4.99. The second kappa shape index (κ2) is 6.79. The van der Waals surface area contributed by atoms with Crippen LogP contribution in [0.3, 0.4) is 0 Å². The van der Waals surface area contributed by atoms with Gasteiger partial charge in [-0.2, -0.15) is 0 Å². The Kier molecular flexibility index (Phi) is 6.49. The van der Waals surface area contributed by atoms with Gasteiger partial charge in [0.1, 0.15) is 0 Å². The number of piperidine rings is 1. The number of hydrogen-bond donors (Lipinski definition) is 0. The van der Waals surface area contributed by atoms with Crippen molar-refractivity contribution >= 4 is 5.97 Å². The highest BCUT2D eigenvalue weighted by atomic mass is 16.5. The highest BCUT2D eigenvalue weighted by Gasteiger charge is 2.17. The molecule has 0 aromatic rings. The van der Waals surface area contributed by atoms with Crippen LogP contribution in [0.25, 0.3) is 0 Å². The Labute approximate surface area is 86.1 Å². The topological polar surface area (TPSA) is 49.4 Å². The number of nitrogens with zero attached hydrogens (tertiary/aromatic N) is 1. The number of carbonyl (C=O) groups excluding carboxylic acids is 1. The molecule has 0 atom stereocenters. The largest absolute Gasteiger partial charge is 0.548 e. The Balaban J connectivity index is 0.000000255. The van der Waals surface area contributed by atoms with Gasteiger partial charge in [-0.25, -0.2) is 0 Å². The lowest BCUT2D eigenvalue weighted by Crippen LogP contribution is -2.43. The summed E-state index contributed by atoms with van der Waals surface area (Å²) in [7, 11) is 5.94. The minimum Gasteiger partial charge on any atom is -0.548 e. The molecule has 0 aromatic carbocycles. The summed E-state index contributed by atoms with van der Waals surface area (Å²) in [5.74, 6) is -1.18. The van der Waals surface area contributed by atoms with Crippen LogP contribution in [0, 0.1) is 0 Å². The Bertz CT molecular complexity index is 161. The molecule has 0 bridgehead atoms. The molecule has 4 heteroatoms. The van der Waals surface area contributed by atoms with Crippen LogP contribution in [0.2, 0.25) is 0 Å². The summed E-state index contributed by atoms with van der Waals surface area (Å²) >= 11 is 0. The number of likely N-dealkylation sites (tertiary alicyclic amines) is 1. The molecule has 0 N–H and O–H groups in total. The molecule has 1 heterocycles. The predicted octanol–water partition coefficient (Wildman–Crippen LogP) is -0.371. The van der Waals surface area contributed by atoms with E-state index in [0.29, 0.717) is 0 Å². The number of quaternary nitrogens is 1. The molecule has 0 aliphatic carbocycles. The number of hydrogen-bond acceptors (Lipinski definition) is 3. The Hall–Kier alpha value is -0.610. The average molecular weight is 203 g/mol. The standard InChI is InChI=1S/C7H16N.C3H6O3/c1-8(2)6-4-3-5-7-8;1-6-2-3(4)5/h3-7H2,1-2H3;2H2,1H3,(H,4,5)/q+1;/p-1. The van der Waals surface area contributed by atoms with Crippen LogP contribution in [-0.2, 0) is 9.53 Å². The zero-order chi connectivity index (χ0) is 11.0. The van der Waals surface area contributed by atoms with E-state index in [1.807, 2.05) is 0 Å². The zero-order valence-electron chi connectivity index (χ0n) is 9.41. The molecule has 1 saturated heterocycles. The monoisotopic (exact) mass is 203 g/mol. The molecule has 0 aromatic heterocycles. The van der Waals surface area contributed by atoms with Crippen molar-refractivity contribution in [2.45, 2.75) is 19.3 Å². The van der Waals surface area contributed by atoms with Gasteiger partial charge in [0, 0.05) is 7.11 Å². The first-order chi connectivity index (χ1) is 6.48. The van der Waals surface area contributed by atoms with Crippen molar-refractivity contribution in [2.24, 2.45) is 0 Å². The van der Waals surface area contributed by atoms with Crippen LogP contribution in [0.15, 0.2) is 0 Å². The Morgan fingerprint density at radius 3 is 1.93 bits per heavy atom. The number of carbonyl (C=O) groups is 1. The molecule has 0 spiro atoms. The van der Waals surface area contributed by atoms with Crippen molar-refractivity contribution in [3.05, 3.63) is 0 Å². The van der Waals surface area contributed by atoms with Crippen LogP contribution >= 0.6 is 0 Å². The van der Waals surface area contributed by atoms with E-state index in [4.69, 9.17) is 0 Å². The van der Waals surface area contributed by atoms with Crippen molar-refractivity contribution in [1.29, 1.82) is 0 Å². The lowest BCUT2D eigenvalue weighted by Gasteiger charge is -2.33. The van der Waals surface area contributed by atoms with E-state index < -0.39 is 5.97 Å². The van der Waals surface area contributed by atoms with Crippen molar-refractivity contribution in [3.8, 4) is 0 Å². The maximum atomic E-state index is 9.36. The maximum absolute atomic E-state index is 9.36. The summed E-state index contributed by atoms with van der Waals surface area (Å²) in [6.45, 7) is 2.46. The van der Waals surface area contributed by atoms with Crippen molar-refractivity contribution in [2.75, 3.05) is 40.9 Å². The SMILES string of the molecule is COCC(=O)[O-].C[N+]1(C)CCCCC1. The molecule has 84 valence electrons. The van der Waals surface area contributed by atoms with Gasteiger partial charge in [-0.3, -0.25) is 0 Å². The highest BCUT2D eigenvalue weighted by Crippen LogP contribution is 2.12. The van der Waals surface area contributed by atoms with E-state index in [-0.39, 0.29) is 6.61 Å². The molecule has 0 saturated carbocycles. The average Bonchev–Trinajstić information content (AvgIpc) is 2.04. The van der Waals surface area contributed by atoms with E-state index in [0.717, 1.165) is 0 Å². The summed E-state index contributed by atoms with van der Waals surface area (Å²) in [4.78, 5) is 9.36. The molecule has 0 amide bonds. The van der Waals surface area contributed by atoms with Crippen LogP contribution in [0.4, 0.5) is 0 Å². The molecule has 0 unspecified atom stereocenters. The molecule has 1 rings (SSSR count). The minimum absolute atomic E-state index is 0.319. The van der Waals surface area contributed by atoms with Gasteiger partial charge in [0.2, 0.25) is 0 Å². The van der Waals surface area contributed by atoms with Crippen LogP contribution < -0.4 is 5.11 Å². The van der Waals surface area contributed by atoms with E-state index in [1.165, 1.54) is 43.9 Å². The number of carboxylic acid groups (broad SMARTS) is 1. The molecular weight excluding hydrogens is 182 g/mol. The van der Waals surface area contributed by atoms with Gasteiger partial charge in [-0.1, -0.05) is 0 Å². The van der Waals surface area contributed by atoms with Crippen molar-refractivity contribution in [3.63, 3.8) is 0 Å². The summed E-state index contributed by atoms with van der Waals surface area (Å²) in [5, 5.41) is 9.36. The normalized spacial score (nSPS) is 19.4. The van der Waals surface area contributed by atoms with Gasteiger partial charge < -0.3 is 19.1 Å². The molecule has 4 nitrogen and oxygen atoms in total. The second-order valence-corrected chi connectivity index (χ2v) is 4.25. The fourth-order valence-electron chi connectivity index (χ4n) is 1.49. The van der Waals surface area contributed by atoms with E-state index in [9.17, 15) is 9.90 Å². The molecular formula is C10H21NO3. The van der Waals surface area contributed by atoms with E-state index >= 15 is 0 Å². The van der Waals surface area contributed by atoms with E-state index in [2.05, 4.69) is 18.8 Å². The van der Waals surface area contributed by atoms with Gasteiger partial charge in [0.25, 0.3) is 0 Å². The third-order valence-corrected chi connectivity index (χ3v) is 2.29. The fourth-order valence-corrected chi connectivity index (χ4v) is 1.49. The van der Waals surface area contributed by atoms with Gasteiger partial charge in [0.05, 0.1) is 39.8 Å². The van der Waals surface area contributed by atoms with Crippen molar-refractivity contribution in [1.82, 2.24) is 0 Å². The lowest BCUT2D eigenvalue weighted by atomic mass is 10.1. The van der Waals surface area contributed by atoms with Crippen molar-refractivity contribution < 1.29 is 19.1 Å². The van der Waals surface area contributed by atoms with Gasteiger partial charge in [0.15, 0.2) is 0 Å². The number of ether oxygens (including phenoxy) is 1. The number of rotatable bonds is 2. The van der Waals surface area contributed by atoms with Crippen LogP contribution in [0.5, 0.6) is 0 Å². The van der Waals surface area contributed by atoms with Crippen LogP contribution in [-0.4, -0.2) is 51.4 Å². The quantitative estimate of drug-likeness (QED) is 0.575. The Morgan fingerprint density at radius 2 is 1.79 bits per heavy atom. The number of aliphatic carboxylic acids is 1. The smallest absolute Gasteiger partial charge is 0.0857 e. The summed E-state index contributed by atoms with van der Waals surface area (Å²) in [6, 6.07) is 0.